The molecule has 0 fully saturated rings. The third kappa shape index (κ3) is 3.82. The Labute approximate surface area is 127 Å². The highest BCUT2D eigenvalue weighted by molar-refractivity contribution is 5.80. The van der Waals surface area contributed by atoms with Crippen molar-refractivity contribution < 1.29 is 19.2 Å². The standard InChI is InChI=1S/C16H15NO5/c1-12-4-2-3-5-15(12)21-8-9-22-16-7-6-14(17(19)20)10-13(16)11-18/h2-7,10-11H,8-9H2,1H3. The Kier molecular flexibility index (Phi) is 5.08. The molecule has 0 unspecified atom stereocenters. The average Bonchev–Trinajstić information content (AvgIpc) is 2.53. The number of aldehydes is 1. The lowest BCUT2D eigenvalue weighted by Crippen LogP contribution is -2.10. The maximum Gasteiger partial charge on any atom is 0.270 e. The number of non-ortho nitro benzene ring substituents is 1. The number of nitro groups is 1. The van der Waals surface area contributed by atoms with Crippen LogP contribution in [-0.4, -0.2) is 24.4 Å². The molecule has 0 N–H and O–H groups in total. The van der Waals surface area contributed by atoms with E-state index in [1.54, 1.807) is 0 Å². The van der Waals surface area contributed by atoms with Crippen molar-refractivity contribution in [3.05, 3.63) is 63.7 Å². The molecule has 0 amide bonds. The molecule has 0 heterocycles. The van der Waals surface area contributed by atoms with Crippen LogP contribution in [0.2, 0.25) is 0 Å². The minimum absolute atomic E-state index is 0.144. The quantitative estimate of drug-likeness (QED) is 0.340. The summed E-state index contributed by atoms with van der Waals surface area (Å²) in [4.78, 5) is 21.1. The molecule has 0 saturated carbocycles. The van der Waals surface area contributed by atoms with Gasteiger partial charge in [0.2, 0.25) is 0 Å². The SMILES string of the molecule is Cc1ccccc1OCCOc1ccc([N+](=O)[O-])cc1C=O. The number of nitrogens with zero attached hydrogens (tertiary/aromatic N) is 1. The lowest BCUT2D eigenvalue weighted by molar-refractivity contribution is -0.384. The van der Waals surface area contributed by atoms with Crippen LogP contribution in [0.1, 0.15) is 15.9 Å². The van der Waals surface area contributed by atoms with Crippen molar-refractivity contribution in [2.75, 3.05) is 13.2 Å². The summed E-state index contributed by atoms with van der Waals surface area (Å²) in [5.41, 5.74) is 1.02. The van der Waals surface area contributed by atoms with Gasteiger partial charge in [0.1, 0.15) is 24.7 Å². The fourth-order valence-electron chi connectivity index (χ4n) is 1.89. The van der Waals surface area contributed by atoms with Crippen molar-refractivity contribution >= 4 is 12.0 Å². The zero-order valence-corrected chi connectivity index (χ0v) is 12.0. The van der Waals surface area contributed by atoms with Crippen LogP contribution in [0, 0.1) is 17.0 Å². The molecule has 2 aromatic rings. The van der Waals surface area contributed by atoms with Crippen molar-refractivity contribution in [3.63, 3.8) is 0 Å². The highest BCUT2D eigenvalue weighted by atomic mass is 16.6. The van der Waals surface area contributed by atoms with Gasteiger partial charge in [-0.3, -0.25) is 14.9 Å². The summed E-state index contributed by atoms with van der Waals surface area (Å²) in [6.45, 7) is 2.48. The summed E-state index contributed by atoms with van der Waals surface area (Å²) in [6.07, 6.45) is 0.532. The molecule has 0 aromatic heterocycles. The van der Waals surface area contributed by atoms with Gasteiger partial charge in [-0.1, -0.05) is 18.2 Å². The van der Waals surface area contributed by atoms with E-state index in [1.165, 1.54) is 18.2 Å². The number of benzene rings is 2. The van der Waals surface area contributed by atoms with Gasteiger partial charge in [0, 0.05) is 12.1 Å². The van der Waals surface area contributed by atoms with Crippen molar-refractivity contribution in [3.8, 4) is 11.5 Å². The van der Waals surface area contributed by atoms with Crippen molar-refractivity contribution in [1.82, 2.24) is 0 Å². The van der Waals surface area contributed by atoms with Crippen LogP contribution in [0.25, 0.3) is 0 Å². The van der Waals surface area contributed by atoms with Crippen molar-refractivity contribution in [1.29, 1.82) is 0 Å². The maximum absolute atomic E-state index is 11.0. The second kappa shape index (κ2) is 7.21. The minimum atomic E-state index is -0.557. The van der Waals surface area contributed by atoms with E-state index in [0.29, 0.717) is 18.6 Å². The van der Waals surface area contributed by atoms with Gasteiger partial charge in [-0.05, 0) is 24.6 Å². The highest BCUT2D eigenvalue weighted by Crippen LogP contribution is 2.23. The fourth-order valence-corrected chi connectivity index (χ4v) is 1.89. The van der Waals surface area contributed by atoms with Gasteiger partial charge in [-0.2, -0.15) is 0 Å². The first-order chi connectivity index (χ1) is 10.6. The number of hydrogen-bond donors (Lipinski definition) is 0. The summed E-state index contributed by atoms with van der Waals surface area (Å²) in [5.74, 6) is 1.07. The second-order valence-corrected chi connectivity index (χ2v) is 4.56. The lowest BCUT2D eigenvalue weighted by Gasteiger charge is -2.11. The Bertz CT molecular complexity index is 684. The largest absolute Gasteiger partial charge is 0.490 e. The first-order valence-electron chi connectivity index (χ1n) is 6.66. The zero-order valence-electron chi connectivity index (χ0n) is 12.0. The lowest BCUT2D eigenvalue weighted by atomic mass is 10.2. The number of hydrogen-bond acceptors (Lipinski definition) is 5. The molecule has 6 heteroatoms. The van der Waals surface area contributed by atoms with Gasteiger partial charge in [0.25, 0.3) is 5.69 Å². The number of aryl methyl sites for hydroxylation is 1. The molecule has 0 aliphatic rings. The normalized spacial score (nSPS) is 10.0. The molecule has 6 nitrogen and oxygen atoms in total. The van der Waals surface area contributed by atoms with Gasteiger partial charge >= 0.3 is 0 Å². The third-order valence-electron chi connectivity index (χ3n) is 3.02. The van der Waals surface area contributed by atoms with Gasteiger partial charge in [0.15, 0.2) is 6.29 Å². The summed E-state index contributed by atoms with van der Waals surface area (Å²) >= 11 is 0. The predicted molar refractivity (Wildman–Crippen MR) is 80.7 cm³/mol. The van der Waals surface area contributed by atoms with Crippen LogP contribution in [0.4, 0.5) is 5.69 Å². The number of nitro benzene ring substituents is 1. The van der Waals surface area contributed by atoms with E-state index >= 15 is 0 Å². The molecule has 0 aliphatic carbocycles. The number of carbonyl (C=O) groups excluding carboxylic acids is 1. The molecular formula is C16H15NO5. The second-order valence-electron chi connectivity index (χ2n) is 4.56. The van der Waals surface area contributed by atoms with E-state index in [0.717, 1.165) is 11.3 Å². The molecule has 0 atom stereocenters. The summed E-state index contributed by atoms with van der Waals surface area (Å²) in [6, 6.07) is 11.5. The molecule has 0 saturated heterocycles. The third-order valence-corrected chi connectivity index (χ3v) is 3.02. The molecule has 2 aromatic carbocycles. The van der Waals surface area contributed by atoms with E-state index in [1.807, 2.05) is 31.2 Å². The van der Waals surface area contributed by atoms with E-state index in [9.17, 15) is 14.9 Å². The van der Waals surface area contributed by atoms with Crippen molar-refractivity contribution in [2.24, 2.45) is 0 Å². The molecule has 22 heavy (non-hydrogen) atoms. The van der Waals surface area contributed by atoms with Gasteiger partial charge < -0.3 is 9.47 Å². The van der Waals surface area contributed by atoms with E-state index in [-0.39, 0.29) is 17.9 Å². The smallest absolute Gasteiger partial charge is 0.270 e. The van der Waals surface area contributed by atoms with Crippen LogP contribution in [0.5, 0.6) is 11.5 Å². The Morgan fingerprint density at radius 3 is 2.41 bits per heavy atom. The molecule has 0 radical (unpaired) electrons. The molecule has 0 aliphatic heterocycles. The topological polar surface area (TPSA) is 78.7 Å². The first kappa shape index (κ1) is 15.5. The fraction of sp³-hybridized carbons (Fsp3) is 0.188. The van der Waals surface area contributed by atoms with Crippen molar-refractivity contribution in [2.45, 2.75) is 6.92 Å². The molecular weight excluding hydrogens is 286 g/mol. The van der Waals surface area contributed by atoms with Crippen LogP contribution in [-0.2, 0) is 0 Å². The monoisotopic (exact) mass is 301 g/mol. The predicted octanol–water partition coefficient (Wildman–Crippen LogP) is 3.17. The van der Waals surface area contributed by atoms with Crippen LogP contribution in [0.15, 0.2) is 42.5 Å². The summed E-state index contributed by atoms with van der Waals surface area (Å²) < 4.78 is 11.0. The number of para-hydroxylation sites is 1. The number of rotatable bonds is 7. The Morgan fingerprint density at radius 1 is 1.09 bits per heavy atom. The van der Waals surface area contributed by atoms with Gasteiger partial charge in [-0.25, -0.2) is 0 Å². The van der Waals surface area contributed by atoms with Gasteiger partial charge in [-0.15, -0.1) is 0 Å². The number of ether oxygens (including phenoxy) is 2. The van der Waals surface area contributed by atoms with Crippen LogP contribution in [0.3, 0.4) is 0 Å². The average molecular weight is 301 g/mol. The molecule has 114 valence electrons. The van der Waals surface area contributed by atoms with E-state index in [4.69, 9.17) is 9.47 Å². The Morgan fingerprint density at radius 2 is 1.77 bits per heavy atom. The van der Waals surface area contributed by atoms with Gasteiger partial charge in [0.05, 0.1) is 10.5 Å². The summed E-state index contributed by atoms with van der Waals surface area (Å²) in [5, 5.41) is 10.7. The molecule has 2 rings (SSSR count). The summed E-state index contributed by atoms with van der Waals surface area (Å²) in [7, 11) is 0. The Hall–Kier alpha value is -2.89. The molecule has 0 bridgehead atoms. The highest BCUT2D eigenvalue weighted by Gasteiger charge is 2.11. The van der Waals surface area contributed by atoms with E-state index < -0.39 is 4.92 Å². The minimum Gasteiger partial charge on any atom is -0.490 e. The zero-order chi connectivity index (χ0) is 15.9. The maximum atomic E-state index is 11.0. The van der Waals surface area contributed by atoms with Crippen LogP contribution < -0.4 is 9.47 Å². The van der Waals surface area contributed by atoms with E-state index in [2.05, 4.69) is 0 Å². The number of carbonyl (C=O) groups is 1. The molecule has 0 spiro atoms. The Balaban J connectivity index is 1.93. The first-order valence-corrected chi connectivity index (χ1v) is 6.66. The van der Waals surface area contributed by atoms with Crippen LogP contribution >= 0.6 is 0 Å².